The minimum atomic E-state index is -3.18. The van der Waals surface area contributed by atoms with Gasteiger partial charge in [-0.2, -0.15) is 0 Å². The van der Waals surface area contributed by atoms with E-state index in [0.717, 1.165) is 11.8 Å². The molecule has 0 aliphatic heterocycles. The molecular formula is C13H21Cl2IN4O2S. The van der Waals surface area contributed by atoms with E-state index < -0.39 is 10.0 Å². The van der Waals surface area contributed by atoms with Crippen LogP contribution in [0.4, 0.5) is 0 Å². The zero-order valence-corrected chi connectivity index (χ0v) is 17.7. The number of nitrogens with one attached hydrogen (secondary N) is 3. The second-order valence-electron chi connectivity index (χ2n) is 4.71. The monoisotopic (exact) mass is 494 g/mol. The molecule has 3 N–H and O–H groups in total. The van der Waals surface area contributed by atoms with E-state index in [9.17, 15) is 8.42 Å². The van der Waals surface area contributed by atoms with E-state index >= 15 is 0 Å². The molecule has 0 amide bonds. The molecule has 10 heteroatoms. The predicted octanol–water partition coefficient (Wildman–Crippen LogP) is 2.39. The maximum absolute atomic E-state index is 11.0. The van der Waals surface area contributed by atoms with Gasteiger partial charge < -0.3 is 10.6 Å². The zero-order valence-electron chi connectivity index (χ0n) is 13.1. The molecule has 132 valence electrons. The predicted molar refractivity (Wildman–Crippen MR) is 108 cm³/mol. The number of hydrogen-bond acceptors (Lipinski definition) is 3. The third kappa shape index (κ3) is 8.94. The number of hydrogen-bond donors (Lipinski definition) is 3. The number of nitrogens with zero attached hydrogens (tertiary/aromatic N) is 1. The van der Waals surface area contributed by atoms with Crippen molar-refractivity contribution in [3.63, 3.8) is 0 Å². The van der Waals surface area contributed by atoms with Crippen molar-refractivity contribution < 1.29 is 8.42 Å². The maximum Gasteiger partial charge on any atom is 0.208 e. The summed E-state index contributed by atoms with van der Waals surface area (Å²) in [6, 6.07) is 5.37. The van der Waals surface area contributed by atoms with Crippen LogP contribution in [0.2, 0.25) is 10.0 Å². The van der Waals surface area contributed by atoms with E-state index in [1.54, 1.807) is 19.2 Å². The SMILES string of the molecule is CN=C(NCCNS(C)(=O)=O)NC(C)c1ccc(Cl)c(Cl)c1.I. The number of sulfonamides is 1. The van der Waals surface area contributed by atoms with Gasteiger partial charge in [0.2, 0.25) is 10.0 Å². The fraction of sp³-hybridized carbons (Fsp3) is 0.462. The smallest absolute Gasteiger partial charge is 0.208 e. The molecule has 1 aromatic carbocycles. The van der Waals surface area contributed by atoms with Crippen molar-refractivity contribution in [1.29, 1.82) is 0 Å². The van der Waals surface area contributed by atoms with Crippen LogP contribution in [0.5, 0.6) is 0 Å². The Balaban J connectivity index is 0.00000484. The molecule has 23 heavy (non-hydrogen) atoms. The molecule has 0 radical (unpaired) electrons. The van der Waals surface area contributed by atoms with Crippen LogP contribution in [0, 0.1) is 0 Å². The first-order chi connectivity index (χ1) is 10.2. The van der Waals surface area contributed by atoms with Gasteiger partial charge in [-0.25, -0.2) is 13.1 Å². The number of rotatable bonds is 6. The lowest BCUT2D eigenvalue weighted by Gasteiger charge is -2.18. The third-order valence-electron chi connectivity index (χ3n) is 2.80. The summed E-state index contributed by atoms with van der Waals surface area (Å²) < 4.78 is 24.3. The Morgan fingerprint density at radius 3 is 2.43 bits per heavy atom. The van der Waals surface area contributed by atoms with Crippen LogP contribution in [-0.4, -0.2) is 40.8 Å². The molecule has 0 heterocycles. The van der Waals surface area contributed by atoms with E-state index in [4.69, 9.17) is 23.2 Å². The molecule has 1 atom stereocenters. The lowest BCUT2D eigenvalue weighted by molar-refractivity contribution is 0.586. The summed E-state index contributed by atoms with van der Waals surface area (Å²) >= 11 is 11.9. The van der Waals surface area contributed by atoms with Crippen molar-refractivity contribution in [3.05, 3.63) is 33.8 Å². The highest BCUT2D eigenvalue weighted by molar-refractivity contribution is 14.0. The van der Waals surface area contributed by atoms with Gasteiger partial charge in [0, 0.05) is 20.1 Å². The fourth-order valence-corrected chi connectivity index (χ4v) is 2.46. The van der Waals surface area contributed by atoms with Crippen LogP contribution >= 0.6 is 47.2 Å². The van der Waals surface area contributed by atoms with Gasteiger partial charge in [0.25, 0.3) is 0 Å². The lowest BCUT2D eigenvalue weighted by atomic mass is 10.1. The van der Waals surface area contributed by atoms with E-state index in [2.05, 4.69) is 20.3 Å². The lowest BCUT2D eigenvalue weighted by Crippen LogP contribution is -2.42. The second kappa shape index (κ2) is 10.5. The number of guanidine groups is 1. The first kappa shape index (κ1) is 22.7. The van der Waals surface area contributed by atoms with Crippen LogP contribution in [-0.2, 0) is 10.0 Å². The van der Waals surface area contributed by atoms with Crippen molar-refractivity contribution in [3.8, 4) is 0 Å². The summed E-state index contributed by atoms with van der Waals surface area (Å²) in [5.41, 5.74) is 0.964. The Bertz CT molecular complexity index is 641. The van der Waals surface area contributed by atoms with Crippen molar-refractivity contribution in [1.82, 2.24) is 15.4 Å². The summed E-state index contributed by atoms with van der Waals surface area (Å²) in [6.07, 6.45) is 1.12. The molecule has 0 spiro atoms. The second-order valence-corrected chi connectivity index (χ2v) is 7.35. The fourth-order valence-electron chi connectivity index (χ4n) is 1.68. The molecule has 0 fully saturated rings. The third-order valence-corrected chi connectivity index (χ3v) is 4.27. The van der Waals surface area contributed by atoms with Gasteiger partial charge in [-0.1, -0.05) is 29.3 Å². The van der Waals surface area contributed by atoms with E-state index in [0.29, 0.717) is 22.5 Å². The summed E-state index contributed by atoms with van der Waals surface area (Å²) in [4.78, 5) is 4.09. The molecule has 0 aromatic heterocycles. The van der Waals surface area contributed by atoms with Crippen LogP contribution in [0.15, 0.2) is 23.2 Å². The first-order valence-corrected chi connectivity index (χ1v) is 9.24. The van der Waals surface area contributed by atoms with Crippen LogP contribution < -0.4 is 15.4 Å². The molecule has 1 unspecified atom stereocenters. The molecule has 0 saturated heterocycles. The highest BCUT2D eigenvalue weighted by Crippen LogP contribution is 2.25. The van der Waals surface area contributed by atoms with E-state index in [1.807, 2.05) is 13.0 Å². The quantitative estimate of drug-likeness (QED) is 0.245. The minimum absolute atomic E-state index is 0. The Morgan fingerprint density at radius 2 is 1.91 bits per heavy atom. The van der Waals surface area contributed by atoms with Gasteiger partial charge >= 0.3 is 0 Å². The number of aliphatic imine (C=N–C) groups is 1. The normalized spacial score (nSPS) is 13.2. The maximum atomic E-state index is 11.0. The number of benzene rings is 1. The van der Waals surface area contributed by atoms with Gasteiger partial charge in [-0.3, -0.25) is 4.99 Å². The first-order valence-electron chi connectivity index (χ1n) is 6.59. The molecule has 0 aliphatic carbocycles. The van der Waals surface area contributed by atoms with E-state index in [1.165, 1.54) is 0 Å². The Hall–Kier alpha value is -0.290. The van der Waals surface area contributed by atoms with Crippen molar-refractivity contribution in [2.75, 3.05) is 26.4 Å². The largest absolute Gasteiger partial charge is 0.355 e. The van der Waals surface area contributed by atoms with Gasteiger partial charge in [-0.05, 0) is 24.6 Å². The van der Waals surface area contributed by atoms with Crippen LogP contribution in [0.3, 0.4) is 0 Å². The highest BCUT2D eigenvalue weighted by Gasteiger charge is 2.09. The topological polar surface area (TPSA) is 82.6 Å². The zero-order chi connectivity index (χ0) is 16.8. The van der Waals surface area contributed by atoms with Gasteiger partial charge in [0.15, 0.2) is 5.96 Å². The van der Waals surface area contributed by atoms with Gasteiger partial charge in [-0.15, -0.1) is 24.0 Å². The average Bonchev–Trinajstić information content (AvgIpc) is 2.43. The molecular weight excluding hydrogens is 474 g/mol. The Kier molecular flexibility index (Phi) is 10.4. The van der Waals surface area contributed by atoms with Gasteiger partial charge in [0.1, 0.15) is 0 Å². The number of halogens is 3. The summed E-state index contributed by atoms with van der Waals surface area (Å²) in [6.45, 7) is 2.66. The Morgan fingerprint density at radius 1 is 1.26 bits per heavy atom. The molecule has 6 nitrogen and oxygen atoms in total. The van der Waals surface area contributed by atoms with Gasteiger partial charge in [0.05, 0.1) is 22.3 Å². The summed E-state index contributed by atoms with van der Waals surface area (Å²) in [5.74, 6) is 0.564. The van der Waals surface area contributed by atoms with Crippen molar-refractivity contribution in [2.24, 2.45) is 4.99 Å². The highest BCUT2D eigenvalue weighted by atomic mass is 127. The van der Waals surface area contributed by atoms with Crippen LogP contribution in [0.1, 0.15) is 18.5 Å². The molecule has 1 rings (SSSR count). The molecule has 0 bridgehead atoms. The molecule has 1 aromatic rings. The van der Waals surface area contributed by atoms with E-state index in [-0.39, 0.29) is 36.6 Å². The van der Waals surface area contributed by atoms with Crippen molar-refractivity contribution >= 4 is 63.2 Å². The summed E-state index contributed by atoms with van der Waals surface area (Å²) in [5, 5.41) is 7.21. The standard InChI is InChI=1S/C13H20Cl2N4O2S.HI/c1-9(10-4-5-11(14)12(15)8-10)19-13(16-2)17-6-7-18-22(3,20)21;/h4-5,8-9,18H,6-7H2,1-3H3,(H2,16,17,19);1H. The Labute approximate surface area is 164 Å². The van der Waals surface area contributed by atoms with Crippen LogP contribution in [0.25, 0.3) is 0 Å². The minimum Gasteiger partial charge on any atom is -0.355 e. The molecule has 0 aliphatic rings. The average molecular weight is 495 g/mol. The van der Waals surface area contributed by atoms with Crippen molar-refractivity contribution in [2.45, 2.75) is 13.0 Å². The summed E-state index contributed by atoms with van der Waals surface area (Å²) in [7, 11) is -1.54. The molecule has 0 saturated carbocycles.